The van der Waals surface area contributed by atoms with Gasteiger partial charge in [0.15, 0.2) is 5.83 Å². The summed E-state index contributed by atoms with van der Waals surface area (Å²) in [5.41, 5.74) is -0.763. The van der Waals surface area contributed by atoms with Gasteiger partial charge in [0.05, 0.1) is 11.1 Å². The molecule has 2 rings (SSSR count). The predicted octanol–water partition coefficient (Wildman–Crippen LogP) is 5.47. The average molecular weight is 345 g/mol. The Morgan fingerprint density at radius 3 is 2.32 bits per heavy atom. The number of nitrogens with zero attached hydrogens (tertiary/aromatic N) is 1. The number of hydrogen-bond acceptors (Lipinski definition) is 2. The molecule has 0 saturated heterocycles. The molecule has 0 saturated carbocycles. The highest BCUT2D eigenvalue weighted by Crippen LogP contribution is 2.31. The van der Waals surface area contributed by atoms with Gasteiger partial charge in [-0.15, -0.1) is 0 Å². The monoisotopic (exact) mass is 345 g/mol. The van der Waals surface area contributed by atoms with Crippen LogP contribution in [0, 0.1) is 17.1 Å². The molecule has 0 unspecified atom stereocenters. The second-order valence-electron chi connectivity index (χ2n) is 5.31. The van der Waals surface area contributed by atoms with Crippen molar-refractivity contribution >= 4 is 11.8 Å². The van der Waals surface area contributed by atoms with E-state index in [0.29, 0.717) is 6.42 Å². The molecule has 0 heterocycles. The zero-order valence-corrected chi connectivity index (χ0v) is 13.3. The number of hydrogen-bond donors (Lipinski definition) is 1. The smallest absolute Gasteiger partial charge is 0.336 e. The normalized spacial score (nSPS) is 11.6. The number of rotatable bonds is 5. The molecule has 0 bridgehead atoms. The van der Waals surface area contributed by atoms with E-state index in [1.165, 1.54) is 24.3 Å². The van der Waals surface area contributed by atoms with Gasteiger partial charge in [0.2, 0.25) is 0 Å². The van der Waals surface area contributed by atoms with Crippen molar-refractivity contribution in [2.75, 3.05) is 0 Å². The number of carboxylic acids is 1. The Morgan fingerprint density at radius 2 is 1.80 bits per heavy atom. The average Bonchev–Trinajstić information content (AvgIpc) is 2.61. The van der Waals surface area contributed by atoms with Crippen LogP contribution in [-0.2, 0) is 0 Å². The highest BCUT2D eigenvalue weighted by Gasteiger charge is 2.20. The highest BCUT2D eigenvalue weighted by atomic mass is 19.2. The summed E-state index contributed by atoms with van der Waals surface area (Å²) in [5.74, 6) is -4.21. The van der Waals surface area contributed by atoms with E-state index in [9.17, 15) is 23.1 Å². The Balaban J connectivity index is 2.56. The lowest BCUT2D eigenvalue weighted by molar-refractivity contribution is 0.0697. The molecule has 2 aromatic carbocycles. The van der Waals surface area contributed by atoms with Crippen LogP contribution < -0.4 is 0 Å². The van der Waals surface area contributed by atoms with Crippen molar-refractivity contribution in [3.63, 3.8) is 0 Å². The molecular weight excluding hydrogens is 331 g/mol. The largest absolute Gasteiger partial charge is 0.478 e. The van der Waals surface area contributed by atoms with E-state index in [2.05, 4.69) is 0 Å². The van der Waals surface area contributed by atoms with Crippen LogP contribution in [0.25, 0.3) is 17.0 Å². The van der Waals surface area contributed by atoms with E-state index < -0.39 is 23.4 Å². The fourth-order valence-electron chi connectivity index (χ4n) is 2.39. The second-order valence-corrected chi connectivity index (χ2v) is 5.31. The molecule has 0 atom stereocenters. The lowest BCUT2D eigenvalue weighted by Crippen LogP contribution is -2.03. The van der Waals surface area contributed by atoms with Gasteiger partial charge in [-0.3, -0.25) is 0 Å². The number of aromatic carboxylic acids is 1. The SMILES string of the molecule is CCC/C(F)=C(\F)c1ccc(-c2c(C(=O)O)ccc(C#N)c2F)cc1. The molecular formula is C19H14F3NO2. The summed E-state index contributed by atoms with van der Waals surface area (Å²) in [7, 11) is 0. The minimum absolute atomic E-state index is 0.0246. The number of halogens is 3. The van der Waals surface area contributed by atoms with Crippen LogP contribution >= 0.6 is 0 Å². The maximum atomic E-state index is 14.4. The molecule has 0 aliphatic carbocycles. The quantitative estimate of drug-likeness (QED) is 0.781. The third kappa shape index (κ3) is 3.72. The highest BCUT2D eigenvalue weighted by molar-refractivity contribution is 5.96. The molecule has 0 radical (unpaired) electrons. The van der Waals surface area contributed by atoms with Gasteiger partial charge in [0, 0.05) is 17.5 Å². The minimum atomic E-state index is -1.36. The lowest BCUT2D eigenvalue weighted by atomic mass is 9.95. The minimum Gasteiger partial charge on any atom is -0.478 e. The zero-order chi connectivity index (χ0) is 18.6. The van der Waals surface area contributed by atoms with Crippen LogP contribution in [0.3, 0.4) is 0 Å². The van der Waals surface area contributed by atoms with Crippen LogP contribution in [0.15, 0.2) is 42.2 Å². The van der Waals surface area contributed by atoms with E-state index in [4.69, 9.17) is 5.26 Å². The predicted molar refractivity (Wildman–Crippen MR) is 87.6 cm³/mol. The fourth-order valence-corrected chi connectivity index (χ4v) is 2.39. The maximum Gasteiger partial charge on any atom is 0.336 e. The molecule has 0 amide bonds. The van der Waals surface area contributed by atoms with Crippen LogP contribution in [-0.4, -0.2) is 11.1 Å². The standard InChI is InChI=1S/C19H14F3NO2/c1-2-3-15(20)17(21)12-6-4-11(5-7-12)16-14(19(24)25)9-8-13(10-23)18(16)22/h4-9H,2-3H2,1H3,(H,24,25)/b17-15+. The number of nitriles is 1. The summed E-state index contributed by atoms with van der Waals surface area (Å²) in [6, 6.07) is 8.93. The zero-order valence-electron chi connectivity index (χ0n) is 13.3. The molecule has 1 N–H and O–H groups in total. The van der Waals surface area contributed by atoms with Crippen LogP contribution in [0.5, 0.6) is 0 Å². The topological polar surface area (TPSA) is 61.1 Å². The Bertz CT molecular complexity index is 881. The molecule has 2 aromatic rings. The van der Waals surface area contributed by atoms with Crippen LogP contribution in [0.2, 0.25) is 0 Å². The van der Waals surface area contributed by atoms with E-state index in [-0.39, 0.29) is 34.2 Å². The van der Waals surface area contributed by atoms with Crippen LogP contribution in [0.4, 0.5) is 13.2 Å². The number of allylic oxidation sites excluding steroid dienone is 1. The fraction of sp³-hybridized carbons (Fsp3) is 0.158. The first-order valence-electron chi connectivity index (χ1n) is 7.51. The molecule has 0 aliphatic rings. The summed E-state index contributed by atoms with van der Waals surface area (Å²) >= 11 is 0. The first-order chi connectivity index (χ1) is 11.9. The van der Waals surface area contributed by atoms with E-state index in [0.717, 1.165) is 12.1 Å². The molecule has 0 aliphatic heterocycles. The summed E-state index contributed by atoms with van der Waals surface area (Å²) in [4.78, 5) is 11.3. The molecule has 128 valence electrons. The molecule has 6 heteroatoms. The maximum absolute atomic E-state index is 14.4. The summed E-state index contributed by atoms with van der Waals surface area (Å²) in [6.45, 7) is 1.72. The summed E-state index contributed by atoms with van der Waals surface area (Å²) in [6.07, 6.45) is 0.418. The van der Waals surface area contributed by atoms with Gasteiger partial charge < -0.3 is 5.11 Å². The van der Waals surface area contributed by atoms with Gasteiger partial charge >= 0.3 is 5.97 Å². The number of carbonyl (C=O) groups is 1. The van der Waals surface area contributed by atoms with Gasteiger partial charge in [-0.1, -0.05) is 31.2 Å². The number of benzene rings is 2. The van der Waals surface area contributed by atoms with E-state index >= 15 is 0 Å². The number of carboxylic acid groups (broad SMARTS) is 1. The first kappa shape index (κ1) is 18.3. The molecule has 3 nitrogen and oxygen atoms in total. The van der Waals surface area contributed by atoms with E-state index in [1.54, 1.807) is 13.0 Å². The van der Waals surface area contributed by atoms with Crippen molar-refractivity contribution in [2.45, 2.75) is 19.8 Å². The van der Waals surface area contributed by atoms with Gasteiger partial charge in [-0.25, -0.2) is 18.0 Å². The Morgan fingerprint density at radius 1 is 1.16 bits per heavy atom. The Labute approximate surface area is 142 Å². The van der Waals surface area contributed by atoms with Gasteiger partial charge in [-0.05, 0) is 24.1 Å². The molecule has 0 spiro atoms. The Kier molecular flexibility index (Phi) is 5.60. The second kappa shape index (κ2) is 7.67. The van der Waals surface area contributed by atoms with Crippen molar-refractivity contribution < 1.29 is 23.1 Å². The third-order valence-corrected chi connectivity index (χ3v) is 3.63. The molecule has 25 heavy (non-hydrogen) atoms. The van der Waals surface area contributed by atoms with Gasteiger partial charge in [-0.2, -0.15) is 5.26 Å². The van der Waals surface area contributed by atoms with Crippen molar-refractivity contribution in [1.82, 2.24) is 0 Å². The molecule has 0 fully saturated rings. The van der Waals surface area contributed by atoms with Crippen molar-refractivity contribution in [2.24, 2.45) is 0 Å². The Hall–Kier alpha value is -3.07. The summed E-state index contributed by atoms with van der Waals surface area (Å²) in [5, 5.41) is 18.1. The van der Waals surface area contributed by atoms with Crippen molar-refractivity contribution in [3.05, 3.63) is 64.7 Å². The first-order valence-corrected chi connectivity index (χ1v) is 7.51. The van der Waals surface area contributed by atoms with Crippen molar-refractivity contribution in [3.8, 4) is 17.2 Å². The molecule has 0 aromatic heterocycles. The third-order valence-electron chi connectivity index (χ3n) is 3.63. The van der Waals surface area contributed by atoms with Crippen molar-refractivity contribution in [1.29, 1.82) is 5.26 Å². The van der Waals surface area contributed by atoms with E-state index in [1.807, 2.05) is 0 Å². The lowest BCUT2D eigenvalue weighted by Gasteiger charge is -2.10. The summed E-state index contributed by atoms with van der Waals surface area (Å²) < 4.78 is 42.0. The van der Waals surface area contributed by atoms with Gasteiger partial charge in [0.25, 0.3) is 0 Å². The van der Waals surface area contributed by atoms with Gasteiger partial charge in [0.1, 0.15) is 17.7 Å². The van der Waals surface area contributed by atoms with Crippen LogP contribution in [0.1, 0.15) is 41.3 Å².